The Hall–Kier alpha value is -1.88. The summed E-state index contributed by atoms with van der Waals surface area (Å²) in [7, 11) is 2.02. The van der Waals surface area contributed by atoms with Gasteiger partial charge in [0.2, 0.25) is 11.7 Å². The summed E-state index contributed by atoms with van der Waals surface area (Å²) in [4.78, 5) is 6.46. The lowest BCUT2D eigenvalue weighted by molar-refractivity contribution is 0.267. The first-order valence-corrected chi connectivity index (χ1v) is 5.99. The molecule has 18 heavy (non-hydrogen) atoms. The highest BCUT2D eigenvalue weighted by molar-refractivity contribution is 5.55. The fourth-order valence-corrected chi connectivity index (χ4v) is 1.74. The molecule has 5 nitrogen and oxygen atoms in total. The largest absolute Gasteiger partial charge is 0.508 e. The summed E-state index contributed by atoms with van der Waals surface area (Å²) in [6.45, 7) is 3.78. The predicted octanol–water partition coefficient (Wildman–Crippen LogP) is 2.28. The van der Waals surface area contributed by atoms with Crippen LogP contribution in [0.15, 0.2) is 28.8 Å². The normalized spacial score (nSPS) is 11.1. The van der Waals surface area contributed by atoms with E-state index in [1.54, 1.807) is 24.3 Å². The van der Waals surface area contributed by atoms with Crippen LogP contribution in [0.25, 0.3) is 11.4 Å². The van der Waals surface area contributed by atoms with Crippen LogP contribution in [0.4, 0.5) is 0 Å². The van der Waals surface area contributed by atoms with Crippen LogP contribution in [0, 0.1) is 0 Å². The second kappa shape index (κ2) is 5.64. The van der Waals surface area contributed by atoms with Crippen molar-refractivity contribution < 1.29 is 9.63 Å². The molecular weight excluding hydrogens is 230 g/mol. The van der Waals surface area contributed by atoms with Crippen molar-refractivity contribution in [2.75, 3.05) is 13.6 Å². The van der Waals surface area contributed by atoms with Crippen molar-refractivity contribution in [2.45, 2.75) is 19.9 Å². The third kappa shape index (κ3) is 3.07. The number of rotatable bonds is 5. The zero-order valence-electron chi connectivity index (χ0n) is 10.6. The molecule has 5 heteroatoms. The Kier molecular flexibility index (Phi) is 3.94. The molecule has 0 radical (unpaired) electrons. The minimum atomic E-state index is 0.227. The summed E-state index contributed by atoms with van der Waals surface area (Å²) in [5, 5.41) is 13.2. The first kappa shape index (κ1) is 12.6. The Labute approximate surface area is 106 Å². The monoisotopic (exact) mass is 247 g/mol. The van der Waals surface area contributed by atoms with Crippen LogP contribution >= 0.6 is 0 Å². The molecule has 2 rings (SSSR count). The lowest BCUT2D eigenvalue weighted by Crippen LogP contribution is -2.18. The second-order valence-electron chi connectivity index (χ2n) is 4.30. The molecule has 0 aliphatic heterocycles. The molecule has 0 atom stereocenters. The van der Waals surface area contributed by atoms with Crippen molar-refractivity contribution in [3.05, 3.63) is 30.2 Å². The summed E-state index contributed by atoms with van der Waals surface area (Å²) >= 11 is 0. The molecule has 1 aromatic carbocycles. The van der Waals surface area contributed by atoms with E-state index in [1.165, 1.54) is 0 Å². The Morgan fingerprint density at radius 1 is 1.28 bits per heavy atom. The third-order valence-corrected chi connectivity index (χ3v) is 2.60. The van der Waals surface area contributed by atoms with Crippen LogP contribution in [0.5, 0.6) is 5.75 Å². The predicted molar refractivity (Wildman–Crippen MR) is 68.0 cm³/mol. The Bertz CT molecular complexity index is 493. The maximum Gasteiger partial charge on any atom is 0.241 e. The zero-order valence-corrected chi connectivity index (χ0v) is 10.6. The summed E-state index contributed by atoms with van der Waals surface area (Å²) in [5.74, 6) is 1.38. The van der Waals surface area contributed by atoms with Gasteiger partial charge in [-0.1, -0.05) is 12.1 Å². The fraction of sp³-hybridized carbons (Fsp3) is 0.385. The molecule has 2 aromatic rings. The SMILES string of the molecule is CCCN(C)Cc1nc(-c2ccc(O)cc2)no1. The minimum Gasteiger partial charge on any atom is -0.508 e. The number of hydrogen-bond donors (Lipinski definition) is 1. The van der Waals surface area contributed by atoms with E-state index < -0.39 is 0 Å². The molecule has 1 heterocycles. The van der Waals surface area contributed by atoms with E-state index in [2.05, 4.69) is 22.0 Å². The van der Waals surface area contributed by atoms with Gasteiger partial charge in [-0.2, -0.15) is 4.98 Å². The standard InChI is InChI=1S/C13H17N3O2/c1-3-8-16(2)9-12-14-13(15-18-12)10-4-6-11(17)7-5-10/h4-7,17H,3,8-9H2,1-2H3. The van der Waals surface area contributed by atoms with Gasteiger partial charge >= 0.3 is 0 Å². The van der Waals surface area contributed by atoms with E-state index >= 15 is 0 Å². The van der Waals surface area contributed by atoms with Crippen molar-refractivity contribution in [2.24, 2.45) is 0 Å². The van der Waals surface area contributed by atoms with E-state index in [9.17, 15) is 5.11 Å². The molecule has 0 fully saturated rings. The number of phenols is 1. The number of benzene rings is 1. The van der Waals surface area contributed by atoms with E-state index in [0.717, 1.165) is 18.5 Å². The Morgan fingerprint density at radius 3 is 2.67 bits per heavy atom. The topological polar surface area (TPSA) is 62.4 Å². The molecule has 96 valence electrons. The van der Waals surface area contributed by atoms with Crippen LogP contribution in [-0.2, 0) is 6.54 Å². The quantitative estimate of drug-likeness (QED) is 0.878. The highest BCUT2D eigenvalue weighted by Gasteiger charge is 2.10. The molecule has 1 aromatic heterocycles. The van der Waals surface area contributed by atoms with Gasteiger partial charge in [0.25, 0.3) is 0 Å². The lowest BCUT2D eigenvalue weighted by Gasteiger charge is -2.11. The number of aromatic nitrogens is 2. The maximum absolute atomic E-state index is 9.22. The van der Waals surface area contributed by atoms with E-state index in [0.29, 0.717) is 18.3 Å². The van der Waals surface area contributed by atoms with Gasteiger partial charge in [0.15, 0.2) is 0 Å². The molecule has 0 aliphatic rings. The van der Waals surface area contributed by atoms with Gasteiger partial charge < -0.3 is 9.63 Å². The van der Waals surface area contributed by atoms with Gasteiger partial charge in [-0.05, 0) is 44.3 Å². The van der Waals surface area contributed by atoms with Gasteiger partial charge in [-0.25, -0.2) is 0 Å². The molecule has 0 bridgehead atoms. The van der Waals surface area contributed by atoms with Crippen LogP contribution < -0.4 is 0 Å². The maximum atomic E-state index is 9.22. The van der Waals surface area contributed by atoms with Crippen LogP contribution in [0.1, 0.15) is 19.2 Å². The van der Waals surface area contributed by atoms with Gasteiger partial charge in [0.05, 0.1) is 6.54 Å². The molecule has 0 saturated heterocycles. The molecule has 0 unspecified atom stereocenters. The molecule has 0 aliphatic carbocycles. The van der Waals surface area contributed by atoms with E-state index in [4.69, 9.17) is 4.52 Å². The van der Waals surface area contributed by atoms with Gasteiger partial charge in [-0.15, -0.1) is 0 Å². The summed E-state index contributed by atoms with van der Waals surface area (Å²) in [5.41, 5.74) is 0.834. The average Bonchev–Trinajstić information content (AvgIpc) is 2.78. The number of nitrogens with zero attached hydrogens (tertiary/aromatic N) is 3. The van der Waals surface area contributed by atoms with Crippen molar-refractivity contribution in [3.63, 3.8) is 0 Å². The molecule has 0 spiro atoms. The van der Waals surface area contributed by atoms with Gasteiger partial charge in [0, 0.05) is 5.56 Å². The van der Waals surface area contributed by atoms with Crippen molar-refractivity contribution in [1.29, 1.82) is 0 Å². The van der Waals surface area contributed by atoms with Crippen molar-refractivity contribution >= 4 is 0 Å². The molecule has 0 amide bonds. The van der Waals surface area contributed by atoms with E-state index in [-0.39, 0.29) is 5.75 Å². The van der Waals surface area contributed by atoms with Crippen molar-refractivity contribution in [1.82, 2.24) is 15.0 Å². The van der Waals surface area contributed by atoms with Crippen LogP contribution in [0.3, 0.4) is 0 Å². The Balaban J connectivity index is 2.08. The molecular formula is C13H17N3O2. The van der Waals surface area contributed by atoms with E-state index in [1.807, 2.05) is 7.05 Å². The first-order valence-electron chi connectivity index (χ1n) is 5.99. The zero-order chi connectivity index (χ0) is 13.0. The smallest absolute Gasteiger partial charge is 0.241 e. The third-order valence-electron chi connectivity index (χ3n) is 2.60. The minimum absolute atomic E-state index is 0.227. The molecule has 1 N–H and O–H groups in total. The van der Waals surface area contributed by atoms with Gasteiger partial charge in [0.1, 0.15) is 5.75 Å². The Morgan fingerprint density at radius 2 is 2.00 bits per heavy atom. The second-order valence-corrected chi connectivity index (χ2v) is 4.30. The summed E-state index contributed by atoms with van der Waals surface area (Å²) in [6, 6.07) is 6.74. The summed E-state index contributed by atoms with van der Waals surface area (Å²) < 4.78 is 5.20. The average molecular weight is 247 g/mol. The van der Waals surface area contributed by atoms with Crippen LogP contribution in [0.2, 0.25) is 0 Å². The van der Waals surface area contributed by atoms with Crippen LogP contribution in [-0.4, -0.2) is 33.7 Å². The number of hydrogen-bond acceptors (Lipinski definition) is 5. The highest BCUT2D eigenvalue weighted by atomic mass is 16.5. The number of aromatic hydroxyl groups is 1. The summed E-state index contributed by atoms with van der Waals surface area (Å²) in [6.07, 6.45) is 1.09. The van der Waals surface area contributed by atoms with Crippen molar-refractivity contribution in [3.8, 4) is 17.1 Å². The highest BCUT2D eigenvalue weighted by Crippen LogP contribution is 2.19. The first-order chi connectivity index (χ1) is 8.69. The van der Waals surface area contributed by atoms with Gasteiger partial charge in [-0.3, -0.25) is 4.90 Å². The lowest BCUT2D eigenvalue weighted by atomic mass is 10.2. The molecule has 0 saturated carbocycles. The fourth-order valence-electron chi connectivity index (χ4n) is 1.74. The number of phenolic OH excluding ortho intramolecular Hbond substituents is 1.